The topological polar surface area (TPSA) is 89.1 Å². The lowest BCUT2D eigenvalue weighted by Crippen LogP contribution is -2.43. The van der Waals surface area contributed by atoms with Crippen molar-refractivity contribution in [1.82, 2.24) is 10.6 Å². The van der Waals surface area contributed by atoms with Gasteiger partial charge in [0.25, 0.3) is 0 Å². The highest BCUT2D eigenvalue weighted by molar-refractivity contribution is 5.97. The molecule has 8 nitrogen and oxygen atoms in total. The Labute approximate surface area is 162 Å². The molecule has 2 aromatic carbocycles. The fourth-order valence-corrected chi connectivity index (χ4v) is 3.30. The molecule has 4 rings (SSSR count). The molecule has 1 atom stereocenters. The summed E-state index contributed by atoms with van der Waals surface area (Å²) in [6.07, 6.45) is 0.259. The number of methoxy groups -OCH3 is 1. The summed E-state index contributed by atoms with van der Waals surface area (Å²) in [5.41, 5.74) is 1.66. The first kappa shape index (κ1) is 18.0. The first-order valence-electron chi connectivity index (χ1n) is 8.99. The highest BCUT2D eigenvalue weighted by Crippen LogP contribution is 2.32. The number of hydrogen-bond donors (Lipinski definition) is 2. The van der Waals surface area contributed by atoms with Crippen molar-refractivity contribution in [2.75, 3.05) is 25.3 Å². The molecule has 0 spiro atoms. The third-order valence-corrected chi connectivity index (χ3v) is 4.72. The Kier molecular flexibility index (Phi) is 4.92. The van der Waals surface area contributed by atoms with Crippen molar-refractivity contribution in [3.8, 4) is 17.2 Å². The summed E-state index contributed by atoms with van der Waals surface area (Å²) in [4.78, 5) is 26.2. The Balaban J connectivity index is 1.30. The zero-order valence-electron chi connectivity index (χ0n) is 15.4. The highest BCUT2D eigenvalue weighted by Gasteiger charge is 2.31. The molecule has 2 N–H and O–H groups in total. The van der Waals surface area contributed by atoms with Gasteiger partial charge in [0.15, 0.2) is 11.5 Å². The molecule has 8 heteroatoms. The molecule has 28 heavy (non-hydrogen) atoms. The van der Waals surface area contributed by atoms with Crippen molar-refractivity contribution >= 4 is 17.6 Å². The highest BCUT2D eigenvalue weighted by atomic mass is 16.7. The molecule has 0 saturated carbocycles. The number of carbonyl (C=O) groups is 2. The smallest absolute Gasteiger partial charge is 0.315 e. The van der Waals surface area contributed by atoms with Crippen LogP contribution < -0.4 is 29.7 Å². The van der Waals surface area contributed by atoms with Crippen LogP contribution >= 0.6 is 0 Å². The average molecular weight is 383 g/mol. The number of hydrogen-bond acceptors (Lipinski definition) is 5. The zero-order chi connectivity index (χ0) is 19.5. The molecule has 0 unspecified atom stereocenters. The maximum absolute atomic E-state index is 12.3. The van der Waals surface area contributed by atoms with E-state index in [4.69, 9.17) is 14.2 Å². The van der Waals surface area contributed by atoms with Crippen LogP contribution in [0.5, 0.6) is 17.2 Å². The van der Waals surface area contributed by atoms with Gasteiger partial charge in [-0.2, -0.15) is 0 Å². The van der Waals surface area contributed by atoms with Gasteiger partial charge in [-0.05, 0) is 29.8 Å². The van der Waals surface area contributed by atoms with Crippen LogP contribution in [0.25, 0.3) is 0 Å². The number of nitrogens with zero attached hydrogens (tertiary/aromatic N) is 1. The number of nitrogens with one attached hydrogen (secondary N) is 2. The molecule has 1 saturated heterocycles. The minimum Gasteiger partial charge on any atom is -0.497 e. The Morgan fingerprint density at radius 3 is 2.93 bits per heavy atom. The molecule has 0 radical (unpaired) electrons. The Hall–Kier alpha value is -3.42. The van der Waals surface area contributed by atoms with Crippen molar-refractivity contribution in [2.45, 2.75) is 19.0 Å². The monoisotopic (exact) mass is 383 g/mol. The van der Waals surface area contributed by atoms with Gasteiger partial charge in [0.2, 0.25) is 12.7 Å². The predicted octanol–water partition coefficient (Wildman–Crippen LogP) is 2.03. The summed E-state index contributed by atoms with van der Waals surface area (Å²) in [6.45, 7) is 0.985. The van der Waals surface area contributed by atoms with Gasteiger partial charge in [-0.1, -0.05) is 12.1 Å². The summed E-state index contributed by atoms with van der Waals surface area (Å²) in [6, 6.07) is 12.3. The van der Waals surface area contributed by atoms with E-state index in [1.807, 2.05) is 36.4 Å². The number of ether oxygens (including phenoxy) is 3. The van der Waals surface area contributed by atoms with Crippen molar-refractivity contribution < 1.29 is 23.8 Å². The first-order valence-corrected chi connectivity index (χ1v) is 8.99. The Morgan fingerprint density at radius 2 is 2.07 bits per heavy atom. The van der Waals surface area contributed by atoms with Gasteiger partial charge in [0.05, 0.1) is 13.2 Å². The van der Waals surface area contributed by atoms with E-state index in [-0.39, 0.29) is 31.2 Å². The van der Waals surface area contributed by atoms with E-state index in [0.29, 0.717) is 30.3 Å². The number of amides is 3. The first-order chi connectivity index (χ1) is 13.6. The van der Waals surface area contributed by atoms with E-state index < -0.39 is 0 Å². The maximum atomic E-state index is 12.3. The van der Waals surface area contributed by atoms with E-state index >= 15 is 0 Å². The summed E-state index contributed by atoms with van der Waals surface area (Å²) < 4.78 is 15.8. The number of carbonyl (C=O) groups excluding carboxylic acids is 2. The lowest BCUT2D eigenvalue weighted by atomic mass is 10.2. The van der Waals surface area contributed by atoms with E-state index in [1.54, 1.807) is 18.1 Å². The van der Waals surface area contributed by atoms with Crippen LogP contribution in [-0.4, -0.2) is 38.4 Å². The Bertz CT molecular complexity index is 901. The number of rotatable bonds is 5. The fraction of sp³-hybridized carbons (Fsp3) is 0.300. The predicted molar refractivity (Wildman–Crippen MR) is 102 cm³/mol. The van der Waals surface area contributed by atoms with Crippen LogP contribution in [0.4, 0.5) is 10.5 Å². The zero-order valence-corrected chi connectivity index (χ0v) is 15.4. The van der Waals surface area contributed by atoms with Crippen LogP contribution in [0.1, 0.15) is 12.0 Å². The molecular formula is C20H21N3O5. The molecule has 1 fully saturated rings. The fourth-order valence-electron chi connectivity index (χ4n) is 3.30. The van der Waals surface area contributed by atoms with Gasteiger partial charge >= 0.3 is 6.03 Å². The lowest BCUT2D eigenvalue weighted by Gasteiger charge is -2.18. The SMILES string of the molecule is COc1cccc(N2C[C@@H](NC(=O)NCc3ccc4c(c3)OCO4)CC2=O)c1. The van der Waals surface area contributed by atoms with Gasteiger partial charge in [0.1, 0.15) is 5.75 Å². The largest absolute Gasteiger partial charge is 0.497 e. The van der Waals surface area contributed by atoms with Gasteiger partial charge < -0.3 is 29.7 Å². The summed E-state index contributed by atoms with van der Waals surface area (Å²) in [5.74, 6) is 2.03. The minimum absolute atomic E-state index is 0.0330. The summed E-state index contributed by atoms with van der Waals surface area (Å²) in [7, 11) is 1.58. The minimum atomic E-state index is -0.317. The second kappa shape index (κ2) is 7.67. The number of urea groups is 1. The Morgan fingerprint density at radius 1 is 1.21 bits per heavy atom. The molecule has 2 aliphatic rings. The lowest BCUT2D eigenvalue weighted by molar-refractivity contribution is -0.117. The average Bonchev–Trinajstić information content (AvgIpc) is 3.32. The van der Waals surface area contributed by atoms with Crippen molar-refractivity contribution in [1.29, 1.82) is 0 Å². The number of anilines is 1. The standard InChI is InChI=1S/C20H21N3O5/c1-26-16-4-2-3-15(9-16)23-11-14(8-19(23)24)22-20(25)21-10-13-5-6-17-18(7-13)28-12-27-17/h2-7,9,14H,8,10-12H2,1H3,(H2,21,22,25)/t14-/m0/s1. The molecule has 0 bridgehead atoms. The molecule has 146 valence electrons. The normalized spacial score (nSPS) is 17.5. The van der Waals surface area contributed by atoms with E-state index in [0.717, 1.165) is 11.3 Å². The molecule has 0 aliphatic carbocycles. The van der Waals surface area contributed by atoms with Crippen molar-refractivity contribution in [3.05, 3.63) is 48.0 Å². The number of benzene rings is 2. The van der Waals surface area contributed by atoms with Gasteiger partial charge in [-0.3, -0.25) is 4.79 Å². The summed E-state index contributed by atoms with van der Waals surface area (Å²) >= 11 is 0. The molecule has 0 aromatic heterocycles. The molecule has 2 aliphatic heterocycles. The van der Waals surface area contributed by atoms with Crippen molar-refractivity contribution in [3.63, 3.8) is 0 Å². The molecule has 3 amide bonds. The van der Waals surface area contributed by atoms with Crippen LogP contribution in [-0.2, 0) is 11.3 Å². The van der Waals surface area contributed by atoms with E-state index in [2.05, 4.69) is 10.6 Å². The van der Waals surface area contributed by atoms with Gasteiger partial charge in [-0.15, -0.1) is 0 Å². The molecule has 2 heterocycles. The molecular weight excluding hydrogens is 362 g/mol. The van der Waals surface area contributed by atoms with Crippen LogP contribution in [0.2, 0.25) is 0 Å². The third kappa shape index (κ3) is 3.80. The maximum Gasteiger partial charge on any atom is 0.315 e. The van der Waals surface area contributed by atoms with Gasteiger partial charge in [-0.25, -0.2) is 4.79 Å². The molecule has 2 aromatic rings. The van der Waals surface area contributed by atoms with E-state index in [1.165, 1.54) is 0 Å². The van der Waals surface area contributed by atoms with Crippen LogP contribution in [0, 0.1) is 0 Å². The second-order valence-electron chi connectivity index (χ2n) is 6.62. The number of fused-ring (bicyclic) bond motifs is 1. The summed E-state index contributed by atoms with van der Waals surface area (Å²) in [5, 5.41) is 5.67. The van der Waals surface area contributed by atoms with E-state index in [9.17, 15) is 9.59 Å². The second-order valence-corrected chi connectivity index (χ2v) is 6.62. The van der Waals surface area contributed by atoms with Crippen molar-refractivity contribution in [2.24, 2.45) is 0 Å². The quantitative estimate of drug-likeness (QED) is 0.825. The van der Waals surface area contributed by atoms with Crippen LogP contribution in [0.15, 0.2) is 42.5 Å². The van der Waals surface area contributed by atoms with Crippen LogP contribution in [0.3, 0.4) is 0 Å². The third-order valence-electron chi connectivity index (χ3n) is 4.72. The van der Waals surface area contributed by atoms with Gasteiger partial charge in [0, 0.05) is 31.3 Å².